The molecule has 0 aliphatic heterocycles. The van der Waals surface area contributed by atoms with E-state index in [0.717, 1.165) is 22.2 Å². The minimum Gasteiger partial charge on any atom is -0.326 e. The molecule has 5 nitrogen and oxygen atoms in total. The number of hydrogen-bond acceptors (Lipinski definition) is 5. The van der Waals surface area contributed by atoms with E-state index < -0.39 is 0 Å². The molecule has 1 heterocycles. The third kappa shape index (κ3) is 3.46. The lowest BCUT2D eigenvalue weighted by Crippen LogP contribution is -2.26. The van der Waals surface area contributed by atoms with Crippen LogP contribution in [0, 0.1) is 0 Å². The zero-order valence-corrected chi connectivity index (χ0v) is 12.4. The van der Waals surface area contributed by atoms with Gasteiger partial charge in [-0.15, -0.1) is 5.10 Å². The van der Waals surface area contributed by atoms with Crippen LogP contribution in [-0.2, 0) is 7.05 Å². The maximum Gasteiger partial charge on any atom is 0.209 e. The zero-order chi connectivity index (χ0) is 13.8. The van der Waals surface area contributed by atoms with E-state index in [0.29, 0.717) is 0 Å². The summed E-state index contributed by atoms with van der Waals surface area (Å²) >= 11 is 7.50. The highest BCUT2D eigenvalue weighted by atomic mass is 35.5. The Balaban J connectivity index is 2.26. The van der Waals surface area contributed by atoms with Gasteiger partial charge in [0.15, 0.2) is 0 Å². The molecule has 7 heteroatoms. The smallest absolute Gasteiger partial charge is 0.209 e. The number of nitrogens with two attached hydrogens (primary N) is 1. The first-order valence-electron chi connectivity index (χ1n) is 6.02. The van der Waals surface area contributed by atoms with Crippen LogP contribution in [0.3, 0.4) is 0 Å². The quantitative estimate of drug-likeness (QED) is 0.858. The van der Waals surface area contributed by atoms with E-state index in [9.17, 15) is 0 Å². The van der Waals surface area contributed by atoms with Crippen molar-refractivity contribution in [1.29, 1.82) is 0 Å². The summed E-state index contributed by atoms with van der Waals surface area (Å²) in [7, 11) is 1.82. The maximum absolute atomic E-state index is 6.22. The molecule has 1 aromatic carbocycles. The summed E-state index contributed by atoms with van der Waals surface area (Å²) in [5, 5.41) is 13.1. The molecular formula is C12H16ClN5S. The minimum absolute atomic E-state index is 0.0304. The van der Waals surface area contributed by atoms with Gasteiger partial charge in [0, 0.05) is 18.1 Å². The summed E-state index contributed by atoms with van der Waals surface area (Å²) in [4.78, 5) is 0. The Morgan fingerprint density at radius 1 is 1.37 bits per heavy atom. The molecule has 0 radical (unpaired) electrons. The van der Waals surface area contributed by atoms with Crippen LogP contribution in [0.15, 0.2) is 29.4 Å². The van der Waals surface area contributed by atoms with Gasteiger partial charge in [-0.05, 0) is 34.5 Å². The van der Waals surface area contributed by atoms with Crippen molar-refractivity contribution in [1.82, 2.24) is 20.2 Å². The van der Waals surface area contributed by atoms with E-state index in [-0.39, 0.29) is 11.3 Å². The van der Waals surface area contributed by atoms with E-state index >= 15 is 0 Å². The second kappa shape index (κ2) is 6.36. The second-order valence-electron chi connectivity index (χ2n) is 4.25. The van der Waals surface area contributed by atoms with E-state index in [1.54, 1.807) is 16.4 Å². The third-order valence-electron chi connectivity index (χ3n) is 2.87. The summed E-state index contributed by atoms with van der Waals surface area (Å²) in [6.45, 7) is 2.07. The summed E-state index contributed by atoms with van der Waals surface area (Å²) in [6.07, 6.45) is 0.881. The van der Waals surface area contributed by atoms with Crippen molar-refractivity contribution in [2.75, 3.05) is 0 Å². The van der Waals surface area contributed by atoms with E-state index in [2.05, 4.69) is 22.4 Å². The first-order chi connectivity index (χ1) is 9.11. The lowest BCUT2D eigenvalue weighted by atomic mass is 10.0. The van der Waals surface area contributed by atoms with Crippen LogP contribution in [0.5, 0.6) is 0 Å². The van der Waals surface area contributed by atoms with Gasteiger partial charge in [0.05, 0.1) is 5.25 Å². The number of nitrogens with zero attached hydrogens (tertiary/aromatic N) is 4. The van der Waals surface area contributed by atoms with Crippen LogP contribution in [0.4, 0.5) is 0 Å². The van der Waals surface area contributed by atoms with Gasteiger partial charge in [0.2, 0.25) is 5.16 Å². The van der Waals surface area contributed by atoms with E-state index in [1.165, 1.54) is 0 Å². The van der Waals surface area contributed by atoms with E-state index in [4.69, 9.17) is 17.3 Å². The summed E-state index contributed by atoms with van der Waals surface area (Å²) in [5.41, 5.74) is 7.35. The molecule has 2 atom stereocenters. The van der Waals surface area contributed by atoms with Gasteiger partial charge in [-0.25, -0.2) is 4.68 Å². The molecule has 1 aromatic heterocycles. The highest BCUT2D eigenvalue weighted by Crippen LogP contribution is 2.36. The standard InChI is InChI=1S/C12H16ClN5S/c1-3-10(14)11(8-4-6-9(13)7-5-8)19-12-15-16-17-18(12)2/h4-7,10-11H,3,14H2,1-2H3. The predicted molar refractivity (Wildman–Crippen MR) is 77.1 cm³/mol. The van der Waals surface area contributed by atoms with Gasteiger partial charge in [-0.3, -0.25) is 0 Å². The topological polar surface area (TPSA) is 69.6 Å². The van der Waals surface area contributed by atoms with Gasteiger partial charge in [-0.2, -0.15) is 0 Å². The zero-order valence-electron chi connectivity index (χ0n) is 10.8. The third-order valence-corrected chi connectivity index (χ3v) is 4.56. The second-order valence-corrected chi connectivity index (χ2v) is 5.79. The Morgan fingerprint density at radius 2 is 2.05 bits per heavy atom. The average molecular weight is 298 g/mol. The molecule has 2 aromatic rings. The van der Waals surface area contributed by atoms with Crippen LogP contribution in [-0.4, -0.2) is 26.2 Å². The Kier molecular flexibility index (Phi) is 4.79. The number of aryl methyl sites for hydroxylation is 1. The summed E-state index contributed by atoms with van der Waals surface area (Å²) in [6, 6.07) is 7.78. The molecule has 0 aliphatic carbocycles. The number of rotatable bonds is 5. The fourth-order valence-corrected chi connectivity index (χ4v) is 2.99. The predicted octanol–water partition coefficient (Wildman–Crippen LogP) is 2.43. The largest absolute Gasteiger partial charge is 0.326 e. The molecule has 0 amide bonds. The van der Waals surface area contributed by atoms with Crippen LogP contribution in [0.1, 0.15) is 24.2 Å². The lowest BCUT2D eigenvalue weighted by molar-refractivity contribution is 0.624. The molecule has 2 rings (SSSR count). The maximum atomic E-state index is 6.22. The van der Waals surface area contributed by atoms with Crippen molar-refractivity contribution in [3.63, 3.8) is 0 Å². The van der Waals surface area contributed by atoms with Gasteiger partial charge < -0.3 is 5.73 Å². The lowest BCUT2D eigenvalue weighted by Gasteiger charge is -2.22. The summed E-state index contributed by atoms with van der Waals surface area (Å²) < 4.78 is 1.65. The Labute approximate surface area is 121 Å². The number of aromatic nitrogens is 4. The van der Waals surface area contributed by atoms with Gasteiger partial charge in [-0.1, -0.05) is 42.4 Å². The van der Waals surface area contributed by atoms with Crippen molar-refractivity contribution in [3.05, 3.63) is 34.9 Å². The highest BCUT2D eigenvalue weighted by Gasteiger charge is 2.22. The van der Waals surface area contributed by atoms with Crippen LogP contribution >= 0.6 is 23.4 Å². The molecule has 19 heavy (non-hydrogen) atoms. The van der Waals surface area contributed by atoms with E-state index in [1.807, 2.05) is 31.3 Å². The first kappa shape index (κ1) is 14.3. The Hall–Kier alpha value is -1.11. The molecule has 102 valence electrons. The van der Waals surface area contributed by atoms with Crippen molar-refractivity contribution in [2.45, 2.75) is 29.8 Å². The van der Waals surface area contributed by atoms with Crippen LogP contribution in [0.2, 0.25) is 5.02 Å². The number of benzene rings is 1. The van der Waals surface area contributed by atoms with Gasteiger partial charge in [0.1, 0.15) is 0 Å². The van der Waals surface area contributed by atoms with Gasteiger partial charge in [0.25, 0.3) is 0 Å². The number of halogens is 1. The van der Waals surface area contributed by atoms with Crippen molar-refractivity contribution < 1.29 is 0 Å². The normalized spacial score (nSPS) is 14.3. The molecule has 0 fully saturated rings. The highest BCUT2D eigenvalue weighted by molar-refractivity contribution is 7.99. The summed E-state index contributed by atoms with van der Waals surface area (Å²) in [5.74, 6) is 0. The number of thioether (sulfide) groups is 1. The Morgan fingerprint density at radius 3 is 2.58 bits per heavy atom. The number of tetrazole rings is 1. The van der Waals surface area contributed by atoms with Crippen LogP contribution in [0.25, 0.3) is 0 Å². The fraction of sp³-hybridized carbons (Fsp3) is 0.417. The molecule has 0 saturated carbocycles. The molecule has 0 bridgehead atoms. The molecule has 2 unspecified atom stereocenters. The van der Waals surface area contributed by atoms with Crippen molar-refractivity contribution >= 4 is 23.4 Å². The number of hydrogen-bond donors (Lipinski definition) is 1. The van der Waals surface area contributed by atoms with Gasteiger partial charge >= 0.3 is 0 Å². The molecule has 0 spiro atoms. The minimum atomic E-state index is 0.0304. The van der Waals surface area contributed by atoms with Crippen LogP contribution < -0.4 is 5.73 Å². The fourth-order valence-electron chi connectivity index (χ4n) is 1.70. The van der Waals surface area contributed by atoms with Crippen molar-refractivity contribution in [2.24, 2.45) is 12.8 Å². The molecule has 2 N–H and O–H groups in total. The molecule has 0 aliphatic rings. The SMILES string of the molecule is CCC(N)C(Sc1nnnn1C)c1ccc(Cl)cc1. The molecular weight excluding hydrogens is 282 g/mol. The average Bonchev–Trinajstić information content (AvgIpc) is 2.82. The molecule has 0 saturated heterocycles. The van der Waals surface area contributed by atoms with Crippen molar-refractivity contribution in [3.8, 4) is 0 Å². The monoisotopic (exact) mass is 297 g/mol. The first-order valence-corrected chi connectivity index (χ1v) is 7.27. The Bertz CT molecular complexity index is 527.